The summed E-state index contributed by atoms with van der Waals surface area (Å²) in [6.45, 7) is 5.67. The predicted octanol–water partition coefficient (Wildman–Crippen LogP) is 5.18. The Labute approximate surface area is 107 Å². The van der Waals surface area contributed by atoms with Gasteiger partial charge in [0, 0.05) is 5.39 Å². The summed E-state index contributed by atoms with van der Waals surface area (Å²) >= 11 is 0.650. The zero-order valence-corrected chi connectivity index (χ0v) is 11.0. The topological polar surface area (TPSA) is 23.8 Å². The van der Waals surface area contributed by atoms with Crippen LogP contribution in [0.15, 0.2) is 12.1 Å². The van der Waals surface area contributed by atoms with Crippen molar-refractivity contribution in [1.29, 1.82) is 5.26 Å². The van der Waals surface area contributed by atoms with Crippen LogP contribution in [-0.4, -0.2) is 0 Å². The second-order valence-corrected chi connectivity index (χ2v) is 4.37. The maximum atomic E-state index is 13.4. The molecule has 0 amide bonds. The Morgan fingerprint density at radius 1 is 1.28 bits per heavy atom. The molecule has 2 aromatic rings. The first kappa shape index (κ1) is 14.5. The third kappa shape index (κ3) is 2.34. The molecule has 0 radical (unpaired) electrons. The maximum absolute atomic E-state index is 13.4. The van der Waals surface area contributed by atoms with Crippen molar-refractivity contribution in [1.82, 2.24) is 0 Å². The van der Waals surface area contributed by atoms with Gasteiger partial charge in [0.1, 0.15) is 11.9 Å². The third-order valence-corrected chi connectivity index (χ3v) is 3.54. The number of hydrogen-bond donors (Lipinski definition) is 0. The van der Waals surface area contributed by atoms with Crippen molar-refractivity contribution < 1.29 is 13.2 Å². The van der Waals surface area contributed by atoms with Crippen LogP contribution in [0.25, 0.3) is 10.1 Å². The molecule has 0 atom stereocenters. The molecule has 0 aliphatic heterocycles. The Morgan fingerprint density at radius 2 is 1.89 bits per heavy atom. The minimum Gasteiger partial charge on any atom is -0.205 e. The maximum Gasteiger partial charge on any atom is 0.274 e. The second-order valence-electron chi connectivity index (χ2n) is 3.32. The lowest BCUT2D eigenvalue weighted by Crippen LogP contribution is -1.84. The van der Waals surface area contributed by atoms with E-state index in [2.05, 4.69) is 0 Å². The second kappa shape index (κ2) is 5.87. The average molecular weight is 271 g/mol. The van der Waals surface area contributed by atoms with Gasteiger partial charge in [-0.05, 0) is 18.6 Å². The SMILES string of the molecule is CC.Cc1ccc(F)c2sc(C(F)F)c(C#N)c12. The van der Waals surface area contributed by atoms with Gasteiger partial charge < -0.3 is 0 Å². The first-order chi connectivity index (χ1) is 8.56. The van der Waals surface area contributed by atoms with Crippen molar-refractivity contribution in [3.63, 3.8) is 0 Å². The molecule has 0 aliphatic rings. The fraction of sp³-hybridized carbons (Fsp3) is 0.308. The number of fused-ring (bicyclic) bond motifs is 1. The van der Waals surface area contributed by atoms with E-state index in [0.717, 1.165) is 0 Å². The van der Waals surface area contributed by atoms with Crippen LogP contribution in [0.1, 0.15) is 36.3 Å². The molecule has 0 N–H and O–H groups in total. The van der Waals surface area contributed by atoms with Crippen molar-refractivity contribution in [2.45, 2.75) is 27.2 Å². The normalized spacial score (nSPS) is 10.1. The summed E-state index contributed by atoms with van der Waals surface area (Å²) in [5, 5.41) is 9.18. The summed E-state index contributed by atoms with van der Waals surface area (Å²) in [4.78, 5) is -0.356. The molecule has 0 aliphatic carbocycles. The fourth-order valence-electron chi connectivity index (χ4n) is 1.61. The lowest BCUT2D eigenvalue weighted by molar-refractivity contribution is 0.155. The molecule has 0 saturated carbocycles. The van der Waals surface area contributed by atoms with Gasteiger partial charge in [0.25, 0.3) is 6.43 Å². The molecule has 0 unspecified atom stereocenters. The van der Waals surface area contributed by atoms with E-state index in [9.17, 15) is 13.2 Å². The van der Waals surface area contributed by atoms with Crippen LogP contribution in [0, 0.1) is 24.1 Å². The highest BCUT2D eigenvalue weighted by atomic mass is 32.1. The first-order valence-corrected chi connectivity index (χ1v) is 6.27. The van der Waals surface area contributed by atoms with Gasteiger partial charge in [-0.2, -0.15) is 5.26 Å². The third-order valence-electron chi connectivity index (χ3n) is 2.34. The number of rotatable bonds is 1. The highest BCUT2D eigenvalue weighted by Gasteiger charge is 2.22. The summed E-state index contributed by atoms with van der Waals surface area (Å²) in [7, 11) is 0. The van der Waals surface area contributed by atoms with Gasteiger partial charge >= 0.3 is 0 Å². The zero-order valence-electron chi connectivity index (χ0n) is 10.2. The predicted molar refractivity (Wildman–Crippen MR) is 67.5 cm³/mol. The Kier molecular flexibility index (Phi) is 4.74. The molecule has 1 aromatic heterocycles. The zero-order chi connectivity index (χ0) is 13.9. The smallest absolute Gasteiger partial charge is 0.205 e. The highest BCUT2D eigenvalue weighted by molar-refractivity contribution is 7.19. The summed E-state index contributed by atoms with van der Waals surface area (Å²) in [5.41, 5.74) is 0.531. The van der Waals surface area contributed by atoms with Crippen LogP contribution >= 0.6 is 11.3 Å². The van der Waals surface area contributed by atoms with Crippen LogP contribution < -0.4 is 0 Å². The fourth-order valence-corrected chi connectivity index (χ4v) is 2.70. The number of thiophene rings is 1. The summed E-state index contributed by atoms with van der Waals surface area (Å²) in [6.07, 6.45) is -2.74. The van der Waals surface area contributed by atoms with Gasteiger partial charge in [0.2, 0.25) is 0 Å². The van der Waals surface area contributed by atoms with Gasteiger partial charge in [0.15, 0.2) is 0 Å². The molecule has 2 rings (SSSR count). The molecule has 0 fully saturated rings. The molecule has 5 heteroatoms. The molecular weight excluding hydrogens is 259 g/mol. The van der Waals surface area contributed by atoms with Crippen LogP contribution in [-0.2, 0) is 0 Å². The van der Waals surface area contributed by atoms with Gasteiger partial charge in [-0.25, -0.2) is 13.2 Å². The highest BCUT2D eigenvalue weighted by Crippen LogP contribution is 2.39. The number of aryl methyl sites for hydroxylation is 1. The van der Waals surface area contributed by atoms with Crippen molar-refractivity contribution in [3.05, 3.63) is 34.0 Å². The van der Waals surface area contributed by atoms with E-state index in [1.807, 2.05) is 13.8 Å². The Hall–Kier alpha value is -1.54. The largest absolute Gasteiger partial charge is 0.274 e. The number of benzene rings is 1. The molecule has 1 heterocycles. The van der Waals surface area contributed by atoms with Gasteiger partial charge in [-0.3, -0.25) is 0 Å². The van der Waals surface area contributed by atoms with Crippen LogP contribution in [0.2, 0.25) is 0 Å². The van der Waals surface area contributed by atoms with E-state index in [1.54, 1.807) is 13.0 Å². The molecule has 18 heavy (non-hydrogen) atoms. The van der Waals surface area contributed by atoms with Crippen molar-refractivity contribution in [2.75, 3.05) is 0 Å². The number of nitriles is 1. The van der Waals surface area contributed by atoms with Crippen molar-refractivity contribution in [2.24, 2.45) is 0 Å². The minimum absolute atomic E-state index is 0.105. The molecule has 96 valence electrons. The van der Waals surface area contributed by atoms with Crippen LogP contribution in [0.4, 0.5) is 13.2 Å². The molecule has 1 aromatic carbocycles. The number of halogens is 3. The Balaban J connectivity index is 0.000000771. The minimum atomic E-state index is -2.74. The van der Waals surface area contributed by atoms with E-state index >= 15 is 0 Å². The number of alkyl halides is 2. The van der Waals surface area contributed by atoms with Gasteiger partial charge in [-0.15, -0.1) is 11.3 Å². The Bertz CT molecular complexity index is 596. The van der Waals surface area contributed by atoms with Crippen molar-refractivity contribution in [3.8, 4) is 6.07 Å². The van der Waals surface area contributed by atoms with Crippen LogP contribution in [0.3, 0.4) is 0 Å². The molecular formula is C13H12F3NS. The number of nitrogens with zero attached hydrogens (tertiary/aromatic N) is 1. The molecule has 0 saturated heterocycles. The van der Waals surface area contributed by atoms with Gasteiger partial charge in [-0.1, -0.05) is 19.9 Å². The first-order valence-electron chi connectivity index (χ1n) is 5.46. The Morgan fingerprint density at radius 3 is 2.39 bits per heavy atom. The number of hydrogen-bond acceptors (Lipinski definition) is 2. The summed E-state index contributed by atoms with van der Waals surface area (Å²) in [5.74, 6) is -0.561. The van der Waals surface area contributed by atoms with Gasteiger partial charge in [0.05, 0.1) is 15.1 Å². The van der Waals surface area contributed by atoms with E-state index < -0.39 is 12.2 Å². The van der Waals surface area contributed by atoms with E-state index in [0.29, 0.717) is 22.3 Å². The lowest BCUT2D eigenvalue weighted by Gasteiger charge is -1.97. The van der Waals surface area contributed by atoms with Crippen LogP contribution in [0.5, 0.6) is 0 Å². The van der Waals surface area contributed by atoms with E-state index in [4.69, 9.17) is 5.26 Å². The monoisotopic (exact) mass is 271 g/mol. The average Bonchev–Trinajstić information content (AvgIpc) is 2.77. The standard InChI is InChI=1S/C11H6F3NS.C2H6/c1-5-2-3-7(12)10-8(5)6(4-15)9(16-10)11(13)14;1-2/h2-3,11H,1H3;1-2H3. The van der Waals surface area contributed by atoms with Crippen molar-refractivity contribution >= 4 is 21.4 Å². The summed E-state index contributed by atoms with van der Waals surface area (Å²) in [6, 6.07) is 4.45. The lowest BCUT2D eigenvalue weighted by atomic mass is 10.1. The molecule has 1 nitrogen and oxygen atoms in total. The molecule has 0 bridgehead atoms. The molecule has 0 spiro atoms. The van der Waals surface area contributed by atoms with E-state index in [1.165, 1.54) is 12.1 Å². The quantitative estimate of drug-likeness (QED) is 0.700. The van der Waals surface area contributed by atoms with E-state index in [-0.39, 0.29) is 15.1 Å². The summed E-state index contributed by atoms with van der Waals surface area (Å²) < 4.78 is 38.9.